The number of sulfone groups is 1. The molecule has 0 bridgehead atoms. The highest BCUT2D eigenvalue weighted by Crippen LogP contribution is 2.17. The van der Waals surface area contributed by atoms with Gasteiger partial charge in [0.05, 0.1) is 7.11 Å². The van der Waals surface area contributed by atoms with Crippen molar-refractivity contribution >= 4 is 33.3 Å². The molecule has 6 nitrogen and oxygen atoms in total. The van der Waals surface area contributed by atoms with Crippen molar-refractivity contribution in [1.29, 1.82) is 0 Å². The molecular weight excluding hydrogens is 330 g/mol. The first-order chi connectivity index (χ1) is 10.3. The van der Waals surface area contributed by atoms with E-state index >= 15 is 0 Å². The number of hydrogen-bond donors (Lipinski definition) is 0. The van der Waals surface area contributed by atoms with E-state index in [1.807, 2.05) is 0 Å². The molecule has 22 heavy (non-hydrogen) atoms. The summed E-state index contributed by atoms with van der Waals surface area (Å²) in [6.45, 7) is 1.16. The van der Waals surface area contributed by atoms with E-state index in [2.05, 4.69) is 4.74 Å². The first-order valence-electron chi connectivity index (χ1n) is 6.57. The minimum Gasteiger partial charge on any atom is -0.468 e. The molecule has 1 aromatic carbocycles. The maximum Gasteiger partial charge on any atom is 0.325 e. The third-order valence-electron chi connectivity index (χ3n) is 3.00. The Labute approximate surface area is 134 Å². The minimum atomic E-state index is -3.48. The van der Waals surface area contributed by atoms with Gasteiger partial charge in [0.1, 0.15) is 12.3 Å². The smallest absolute Gasteiger partial charge is 0.325 e. The highest BCUT2D eigenvalue weighted by Gasteiger charge is 2.23. The second-order valence-corrected chi connectivity index (χ2v) is 7.35. The van der Waals surface area contributed by atoms with Crippen molar-refractivity contribution in [3.05, 3.63) is 34.9 Å². The molecule has 0 spiro atoms. The fraction of sp³-hybridized carbons (Fsp3) is 0.429. The number of ether oxygens (including phenoxy) is 1. The summed E-state index contributed by atoms with van der Waals surface area (Å²) in [6, 6.07) is 6.83. The molecule has 8 heteroatoms. The van der Waals surface area contributed by atoms with Gasteiger partial charge in [0.2, 0.25) is 5.91 Å². The Morgan fingerprint density at radius 2 is 1.91 bits per heavy atom. The molecule has 0 atom stereocenters. The number of hydrogen-bond acceptors (Lipinski definition) is 5. The summed E-state index contributed by atoms with van der Waals surface area (Å²) >= 11 is 6.03. The highest BCUT2D eigenvalue weighted by molar-refractivity contribution is 7.92. The van der Waals surface area contributed by atoms with Crippen LogP contribution in [0.4, 0.5) is 0 Å². The summed E-state index contributed by atoms with van der Waals surface area (Å²) in [5.74, 6) is -2.08. The largest absolute Gasteiger partial charge is 0.468 e. The summed E-state index contributed by atoms with van der Waals surface area (Å²) in [6.07, 6.45) is 0. The molecule has 0 fully saturated rings. The van der Waals surface area contributed by atoms with Gasteiger partial charge in [-0.1, -0.05) is 36.7 Å². The van der Waals surface area contributed by atoms with Crippen LogP contribution in [0.5, 0.6) is 0 Å². The number of methoxy groups -OCH3 is 1. The van der Waals surface area contributed by atoms with Crippen LogP contribution in [0, 0.1) is 0 Å². The van der Waals surface area contributed by atoms with Crippen molar-refractivity contribution in [2.45, 2.75) is 13.5 Å². The van der Waals surface area contributed by atoms with Gasteiger partial charge < -0.3 is 9.64 Å². The lowest BCUT2D eigenvalue weighted by Gasteiger charge is -2.22. The molecule has 0 aliphatic carbocycles. The molecule has 1 aromatic rings. The fourth-order valence-electron chi connectivity index (χ4n) is 1.67. The summed E-state index contributed by atoms with van der Waals surface area (Å²) in [7, 11) is -2.29. The van der Waals surface area contributed by atoms with E-state index in [0.717, 1.165) is 4.90 Å². The quantitative estimate of drug-likeness (QED) is 0.694. The number of esters is 1. The van der Waals surface area contributed by atoms with Crippen LogP contribution in [0.25, 0.3) is 0 Å². The zero-order chi connectivity index (χ0) is 16.8. The Morgan fingerprint density at radius 3 is 2.45 bits per heavy atom. The average Bonchev–Trinajstić information content (AvgIpc) is 2.48. The standard InChI is InChI=1S/C14H18ClNO5S/c1-3-22(19,20)10-13(17)16(9-14(18)21-2)8-11-6-4-5-7-12(11)15/h4-7H,3,8-10H2,1-2H3. The first kappa shape index (κ1) is 18.4. The normalized spacial score (nSPS) is 11.0. The van der Waals surface area contributed by atoms with Crippen LogP contribution in [-0.2, 0) is 30.7 Å². The Morgan fingerprint density at radius 1 is 1.27 bits per heavy atom. The van der Waals surface area contributed by atoms with Crippen molar-refractivity contribution in [2.75, 3.05) is 25.2 Å². The monoisotopic (exact) mass is 347 g/mol. The predicted molar refractivity (Wildman–Crippen MR) is 83.2 cm³/mol. The van der Waals surface area contributed by atoms with Crippen molar-refractivity contribution in [3.8, 4) is 0 Å². The predicted octanol–water partition coefficient (Wildman–Crippen LogP) is 1.28. The van der Waals surface area contributed by atoms with Crippen LogP contribution >= 0.6 is 11.6 Å². The molecular formula is C14H18ClNO5S. The van der Waals surface area contributed by atoms with Gasteiger partial charge in [-0.05, 0) is 11.6 Å². The highest BCUT2D eigenvalue weighted by atomic mass is 35.5. The number of nitrogens with zero attached hydrogens (tertiary/aromatic N) is 1. The molecule has 0 unspecified atom stereocenters. The summed E-state index contributed by atoms with van der Waals surface area (Å²) < 4.78 is 27.7. The number of carbonyl (C=O) groups excluding carboxylic acids is 2. The zero-order valence-electron chi connectivity index (χ0n) is 12.4. The summed E-state index contributed by atoms with van der Waals surface area (Å²) in [5.41, 5.74) is 0.621. The number of rotatable bonds is 7. The lowest BCUT2D eigenvalue weighted by Crippen LogP contribution is -2.39. The van der Waals surface area contributed by atoms with E-state index in [-0.39, 0.29) is 18.8 Å². The van der Waals surface area contributed by atoms with E-state index in [4.69, 9.17) is 11.6 Å². The van der Waals surface area contributed by atoms with Crippen molar-refractivity contribution < 1.29 is 22.7 Å². The molecule has 0 aromatic heterocycles. The Hall–Kier alpha value is -1.60. The first-order valence-corrected chi connectivity index (χ1v) is 8.77. The van der Waals surface area contributed by atoms with Crippen molar-refractivity contribution in [1.82, 2.24) is 4.90 Å². The molecule has 0 aliphatic rings. The molecule has 0 N–H and O–H groups in total. The van der Waals surface area contributed by atoms with Gasteiger partial charge in [0.15, 0.2) is 9.84 Å². The molecule has 1 rings (SSSR count). The van der Waals surface area contributed by atoms with Crippen LogP contribution < -0.4 is 0 Å². The Kier molecular flexibility index (Phi) is 6.83. The van der Waals surface area contributed by atoms with Gasteiger partial charge in [-0.3, -0.25) is 9.59 Å². The SMILES string of the molecule is CCS(=O)(=O)CC(=O)N(CC(=O)OC)Cc1ccccc1Cl. The van der Waals surface area contributed by atoms with Crippen LogP contribution in [0.15, 0.2) is 24.3 Å². The molecule has 1 amide bonds. The van der Waals surface area contributed by atoms with Gasteiger partial charge in [-0.25, -0.2) is 8.42 Å². The maximum absolute atomic E-state index is 12.2. The minimum absolute atomic E-state index is 0.0346. The maximum atomic E-state index is 12.2. The molecule has 0 aliphatic heterocycles. The fourth-order valence-corrected chi connectivity index (χ4v) is 2.62. The summed E-state index contributed by atoms with van der Waals surface area (Å²) in [5, 5.41) is 0.434. The molecule has 0 saturated carbocycles. The number of carbonyl (C=O) groups is 2. The number of benzene rings is 1. The summed E-state index contributed by atoms with van der Waals surface area (Å²) in [4.78, 5) is 24.7. The Balaban J connectivity index is 2.95. The second kappa shape index (κ2) is 8.14. The van der Waals surface area contributed by atoms with Gasteiger partial charge in [0, 0.05) is 17.3 Å². The molecule has 0 saturated heterocycles. The van der Waals surface area contributed by atoms with Crippen LogP contribution in [0.1, 0.15) is 12.5 Å². The van der Waals surface area contributed by atoms with Gasteiger partial charge in [-0.15, -0.1) is 0 Å². The zero-order valence-corrected chi connectivity index (χ0v) is 14.0. The lowest BCUT2D eigenvalue weighted by molar-refractivity contribution is -0.146. The third-order valence-corrected chi connectivity index (χ3v) is 4.94. The number of amides is 1. The van der Waals surface area contributed by atoms with Crippen molar-refractivity contribution in [3.63, 3.8) is 0 Å². The van der Waals surface area contributed by atoms with Crippen LogP contribution in [-0.4, -0.2) is 50.4 Å². The molecule has 122 valence electrons. The van der Waals surface area contributed by atoms with E-state index in [9.17, 15) is 18.0 Å². The Bertz CT molecular complexity index is 644. The van der Waals surface area contributed by atoms with Gasteiger partial charge >= 0.3 is 5.97 Å². The van der Waals surface area contributed by atoms with E-state index in [1.54, 1.807) is 24.3 Å². The van der Waals surface area contributed by atoms with Crippen LogP contribution in [0.3, 0.4) is 0 Å². The lowest BCUT2D eigenvalue weighted by atomic mass is 10.2. The topological polar surface area (TPSA) is 80.8 Å². The van der Waals surface area contributed by atoms with E-state index < -0.39 is 27.5 Å². The van der Waals surface area contributed by atoms with Crippen molar-refractivity contribution in [2.24, 2.45) is 0 Å². The number of halogens is 1. The second-order valence-electron chi connectivity index (χ2n) is 4.59. The van der Waals surface area contributed by atoms with E-state index in [1.165, 1.54) is 14.0 Å². The van der Waals surface area contributed by atoms with Gasteiger partial charge in [-0.2, -0.15) is 0 Å². The molecule has 0 heterocycles. The molecule has 0 radical (unpaired) electrons. The third kappa shape index (κ3) is 5.65. The van der Waals surface area contributed by atoms with Gasteiger partial charge in [0.25, 0.3) is 0 Å². The average molecular weight is 348 g/mol. The van der Waals surface area contributed by atoms with Crippen LogP contribution in [0.2, 0.25) is 5.02 Å². The van der Waals surface area contributed by atoms with E-state index in [0.29, 0.717) is 10.6 Å².